The molecule has 0 unspecified atom stereocenters. The van der Waals surface area contributed by atoms with Gasteiger partial charge in [-0.3, -0.25) is 4.79 Å². The lowest BCUT2D eigenvalue weighted by Gasteiger charge is -2.06. The normalized spacial score (nSPS) is 10.6. The number of hydrogen-bond acceptors (Lipinski definition) is 5. The summed E-state index contributed by atoms with van der Waals surface area (Å²) < 4.78 is 16.7. The maximum absolute atomic E-state index is 10.8. The van der Waals surface area contributed by atoms with Crippen molar-refractivity contribution in [2.75, 3.05) is 13.7 Å². The van der Waals surface area contributed by atoms with Gasteiger partial charge in [-0.1, -0.05) is 12.1 Å². The van der Waals surface area contributed by atoms with Gasteiger partial charge in [0.1, 0.15) is 17.3 Å². The number of aryl methyl sites for hydroxylation is 1. The smallest absolute Gasteiger partial charge is 0.307 e. The first-order valence-electron chi connectivity index (χ1n) is 8.59. The first kappa shape index (κ1) is 18.5. The molecule has 0 saturated carbocycles. The van der Waals surface area contributed by atoms with Crippen LogP contribution in [-0.4, -0.2) is 29.8 Å². The second-order valence-corrected chi connectivity index (χ2v) is 6.07. The van der Waals surface area contributed by atoms with Gasteiger partial charge >= 0.3 is 5.97 Å². The first-order valence-corrected chi connectivity index (χ1v) is 8.59. The molecule has 27 heavy (non-hydrogen) atoms. The minimum absolute atomic E-state index is 0.0230. The van der Waals surface area contributed by atoms with Crippen molar-refractivity contribution in [1.29, 1.82) is 0 Å². The van der Waals surface area contributed by atoms with Crippen molar-refractivity contribution < 1.29 is 23.8 Å². The standard InChI is InChI=1S/C21H21NO5/c1-14-19(22-21(27-14)16-6-8-17(25-2)9-7-16)10-11-26-18-5-3-4-15(12-18)13-20(23)24/h3-9,12H,10-11,13H2,1-2H3,(H,23,24). The number of aromatic nitrogens is 1. The monoisotopic (exact) mass is 367 g/mol. The number of carbonyl (C=O) groups is 1. The third-order valence-corrected chi connectivity index (χ3v) is 4.09. The van der Waals surface area contributed by atoms with Crippen LogP contribution < -0.4 is 9.47 Å². The van der Waals surface area contributed by atoms with Crippen molar-refractivity contribution in [1.82, 2.24) is 4.98 Å². The van der Waals surface area contributed by atoms with E-state index >= 15 is 0 Å². The van der Waals surface area contributed by atoms with Crippen LogP contribution in [0.1, 0.15) is 17.0 Å². The van der Waals surface area contributed by atoms with Gasteiger partial charge in [-0.15, -0.1) is 0 Å². The van der Waals surface area contributed by atoms with E-state index in [-0.39, 0.29) is 6.42 Å². The van der Waals surface area contributed by atoms with Crippen molar-refractivity contribution in [2.45, 2.75) is 19.8 Å². The van der Waals surface area contributed by atoms with E-state index in [0.29, 0.717) is 30.2 Å². The van der Waals surface area contributed by atoms with Crippen LogP contribution in [0.25, 0.3) is 11.5 Å². The first-order chi connectivity index (χ1) is 13.0. The fraction of sp³-hybridized carbons (Fsp3) is 0.238. The largest absolute Gasteiger partial charge is 0.497 e. The summed E-state index contributed by atoms with van der Waals surface area (Å²) >= 11 is 0. The molecule has 0 spiro atoms. The molecular weight excluding hydrogens is 346 g/mol. The van der Waals surface area contributed by atoms with Crippen LogP contribution in [0.15, 0.2) is 52.9 Å². The highest BCUT2D eigenvalue weighted by Gasteiger charge is 2.12. The number of hydrogen-bond donors (Lipinski definition) is 1. The summed E-state index contributed by atoms with van der Waals surface area (Å²) in [5, 5.41) is 8.87. The highest BCUT2D eigenvalue weighted by atomic mass is 16.5. The van der Waals surface area contributed by atoms with Crippen molar-refractivity contribution in [3.8, 4) is 23.0 Å². The molecule has 0 aliphatic heterocycles. The molecule has 1 aromatic heterocycles. The quantitative estimate of drug-likeness (QED) is 0.650. The highest BCUT2D eigenvalue weighted by Crippen LogP contribution is 2.24. The summed E-state index contributed by atoms with van der Waals surface area (Å²) in [5.74, 6) is 1.88. The molecule has 0 bridgehead atoms. The molecule has 0 radical (unpaired) electrons. The molecule has 0 aliphatic rings. The number of rotatable bonds is 8. The molecule has 0 saturated heterocycles. The van der Waals surface area contributed by atoms with Gasteiger partial charge in [0.25, 0.3) is 0 Å². The molecule has 6 heteroatoms. The Morgan fingerprint density at radius 2 is 1.93 bits per heavy atom. The molecule has 0 aliphatic carbocycles. The molecule has 0 amide bonds. The average Bonchev–Trinajstić information content (AvgIpc) is 3.02. The molecule has 0 atom stereocenters. The van der Waals surface area contributed by atoms with Gasteiger partial charge in [-0.2, -0.15) is 0 Å². The average molecular weight is 367 g/mol. The summed E-state index contributed by atoms with van der Waals surface area (Å²) in [6.45, 7) is 2.30. The second kappa shape index (κ2) is 8.40. The van der Waals surface area contributed by atoms with E-state index in [0.717, 1.165) is 22.8 Å². The summed E-state index contributed by atoms with van der Waals surface area (Å²) in [6, 6.07) is 14.6. The van der Waals surface area contributed by atoms with Gasteiger partial charge in [0.05, 0.1) is 25.8 Å². The molecule has 140 valence electrons. The molecule has 6 nitrogen and oxygen atoms in total. The Kier molecular flexibility index (Phi) is 5.76. The Morgan fingerprint density at radius 1 is 1.15 bits per heavy atom. The van der Waals surface area contributed by atoms with Crippen molar-refractivity contribution >= 4 is 5.97 Å². The Morgan fingerprint density at radius 3 is 2.63 bits per heavy atom. The van der Waals surface area contributed by atoms with Crippen LogP contribution in [-0.2, 0) is 17.6 Å². The second-order valence-electron chi connectivity index (χ2n) is 6.07. The van der Waals surface area contributed by atoms with Crippen LogP contribution in [0.5, 0.6) is 11.5 Å². The maximum atomic E-state index is 10.8. The predicted molar refractivity (Wildman–Crippen MR) is 100 cm³/mol. The Bertz CT molecular complexity index is 915. The lowest BCUT2D eigenvalue weighted by atomic mass is 10.1. The summed E-state index contributed by atoms with van der Waals surface area (Å²) in [6.07, 6.45) is 0.569. The van der Waals surface area contributed by atoms with E-state index in [9.17, 15) is 4.79 Å². The Balaban J connectivity index is 1.61. The highest BCUT2D eigenvalue weighted by molar-refractivity contribution is 5.70. The number of oxazole rings is 1. The van der Waals surface area contributed by atoms with Crippen LogP contribution in [0.3, 0.4) is 0 Å². The fourth-order valence-electron chi connectivity index (χ4n) is 2.70. The molecule has 1 N–H and O–H groups in total. The zero-order valence-corrected chi connectivity index (χ0v) is 15.3. The minimum Gasteiger partial charge on any atom is -0.497 e. The molecule has 1 heterocycles. The zero-order valence-electron chi connectivity index (χ0n) is 15.3. The predicted octanol–water partition coefficient (Wildman–Crippen LogP) is 3.91. The van der Waals surface area contributed by atoms with E-state index in [4.69, 9.17) is 19.0 Å². The van der Waals surface area contributed by atoms with E-state index < -0.39 is 5.97 Å². The SMILES string of the molecule is COc1ccc(-c2nc(CCOc3cccc(CC(=O)O)c3)c(C)o2)cc1. The van der Waals surface area contributed by atoms with Gasteiger partial charge in [-0.25, -0.2) is 4.98 Å². The van der Waals surface area contributed by atoms with E-state index in [1.54, 1.807) is 25.3 Å². The number of carboxylic acid groups (broad SMARTS) is 1. The van der Waals surface area contributed by atoms with Gasteiger partial charge in [0.2, 0.25) is 5.89 Å². The van der Waals surface area contributed by atoms with Crippen molar-refractivity contribution in [2.24, 2.45) is 0 Å². The molecule has 3 rings (SSSR count). The van der Waals surface area contributed by atoms with Gasteiger partial charge in [0, 0.05) is 12.0 Å². The molecule has 3 aromatic rings. The van der Waals surface area contributed by atoms with E-state index in [1.165, 1.54) is 0 Å². The third-order valence-electron chi connectivity index (χ3n) is 4.09. The van der Waals surface area contributed by atoms with E-state index in [2.05, 4.69) is 4.98 Å². The summed E-state index contributed by atoms with van der Waals surface area (Å²) in [7, 11) is 1.62. The van der Waals surface area contributed by atoms with Gasteiger partial charge in [-0.05, 0) is 48.9 Å². The number of nitrogens with zero attached hydrogens (tertiary/aromatic N) is 1. The maximum Gasteiger partial charge on any atom is 0.307 e. The number of benzene rings is 2. The molecular formula is C21H21NO5. The third kappa shape index (κ3) is 4.88. The minimum atomic E-state index is -0.864. The van der Waals surface area contributed by atoms with Gasteiger partial charge < -0.3 is 19.0 Å². The van der Waals surface area contributed by atoms with Crippen molar-refractivity contribution in [3.05, 3.63) is 65.5 Å². The summed E-state index contributed by atoms with van der Waals surface area (Å²) in [5.41, 5.74) is 2.43. The summed E-state index contributed by atoms with van der Waals surface area (Å²) in [4.78, 5) is 15.4. The molecule has 0 fully saturated rings. The topological polar surface area (TPSA) is 81.8 Å². The number of carboxylic acids is 1. The Labute approximate surface area is 157 Å². The number of aliphatic carboxylic acids is 1. The van der Waals surface area contributed by atoms with Crippen LogP contribution >= 0.6 is 0 Å². The van der Waals surface area contributed by atoms with Crippen LogP contribution in [0.4, 0.5) is 0 Å². The van der Waals surface area contributed by atoms with Gasteiger partial charge in [0.15, 0.2) is 0 Å². The fourth-order valence-corrected chi connectivity index (χ4v) is 2.70. The zero-order chi connectivity index (χ0) is 19.2. The van der Waals surface area contributed by atoms with Crippen LogP contribution in [0, 0.1) is 6.92 Å². The molecule has 2 aromatic carbocycles. The van der Waals surface area contributed by atoms with E-state index in [1.807, 2.05) is 37.3 Å². The lowest BCUT2D eigenvalue weighted by Crippen LogP contribution is -2.04. The number of ether oxygens (including phenoxy) is 2. The lowest BCUT2D eigenvalue weighted by molar-refractivity contribution is -0.136. The number of methoxy groups -OCH3 is 1. The van der Waals surface area contributed by atoms with Crippen LogP contribution in [0.2, 0.25) is 0 Å². The van der Waals surface area contributed by atoms with Crippen molar-refractivity contribution in [3.63, 3.8) is 0 Å². The Hall–Kier alpha value is -3.28.